The van der Waals surface area contributed by atoms with Gasteiger partial charge in [-0.25, -0.2) is 9.36 Å². The van der Waals surface area contributed by atoms with Gasteiger partial charge in [-0.2, -0.15) is 0 Å². The van der Waals surface area contributed by atoms with E-state index in [2.05, 4.69) is 28.7 Å². The molecule has 4 heteroatoms. The first-order valence-corrected chi connectivity index (χ1v) is 8.28. The lowest BCUT2D eigenvalue weighted by atomic mass is 10.1. The summed E-state index contributed by atoms with van der Waals surface area (Å²) in [6, 6.07) is 23.7. The van der Waals surface area contributed by atoms with Gasteiger partial charge in [-0.05, 0) is 45.5 Å². The zero-order valence-electron chi connectivity index (χ0n) is 12.1. The van der Waals surface area contributed by atoms with Gasteiger partial charge in [0.2, 0.25) is 0 Å². The Morgan fingerprint density at radius 1 is 0.826 bits per heavy atom. The molecule has 1 heterocycles. The van der Waals surface area contributed by atoms with Crippen LogP contribution < -0.4 is 5.76 Å². The van der Waals surface area contributed by atoms with Crippen LogP contribution in [-0.2, 0) is 0 Å². The second-order valence-corrected chi connectivity index (χ2v) is 6.24. The van der Waals surface area contributed by atoms with Crippen molar-refractivity contribution >= 4 is 33.4 Å². The molecule has 4 rings (SSSR count). The van der Waals surface area contributed by atoms with Crippen molar-refractivity contribution < 1.29 is 4.42 Å². The van der Waals surface area contributed by atoms with Crippen molar-refractivity contribution in [3.05, 3.63) is 87.0 Å². The number of fused-ring (bicyclic) bond motifs is 1. The smallest absolute Gasteiger partial charge is 0.406 e. The van der Waals surface area contributed by atoms with Gasteiger partial charge in [0.15, 0.2) is 5.76 Å². The lowest BCUT2D eigenvalue weighted by Gasteiger charge is -2.05. The van der Waals surface area contributed by atoms with Crippen LogP contribution in [0, 0.1) is 3.70 Å². The van der Waals surface area contributed by atoms with Crippen molar-refractivity contribution in [2.24, 2.45) is 0 Å². The Balaban J connectivity index is 1.91. The summed E-state index contributed by atoms with van der Waals surface area (Å²) < 4.78 is 7.88. The standard InChI is InChI=1S/C19H12INO2/c20-18-17(14-7-2-1-3-8-14)23-19(22)21(18)16-11-10-13-6-4-5-9-15(13)12-16/h1-12H. The van der Waals surface area contributed by atoms with E-state index in [1.54, 1.807) is 4.57 Å². The Hall–Kier alpha value is -2.34. The molecule has 1 aromatic heterocycles. The molecule has 0 spiro atoms. The normalized spacial score (nSPS) is 11.0. The summed E-state index contributed by atoms with van der Waals surface area (Å²) in [6.07, 6.45) is 0. The minimum atomic E-state index is -0.372. The Kier molecular flexibility index (Phi) is 3.53. The number of halogens is 1. The van der Waals surface area contributed by atoms with E-state index in [0.29, 0.717) is 5.76 Å². The molecule has 4 aromatic rings. The highest BCUT2D eigenvalue weighted by molar-refractivity contribution is 14.1. The number of oxazole rings is 1. The molecule has 0 unspecified atom stereocenters. The van der Waals surface area contributed by atoms with Gasteiger partial charge < -0.3 is 4.42 Å². The predicted molar refractivity (Wildman–Crippen MR) is 100.0 cm³/mol. The van der Waals surface area contributed by atoms with E-state index in [4.69, 9.17) is 4.42 Å². The van der Waals surface area contributed by atoms with Gasteiger partial charge in [0.25, 0.3) is 0 Å². The maximum atomic E-state index is 12.4. The molecule has 0 N–H and O–H groups in total. The summed E-state index contributed by atoms with van der Waals surface area (Å²) in [5, 5.41) is 2.24. The molecule has 0 saturated heterocycles. The van der Waals surface area contributed by atoms with Crippen LogP contribution >= 0.6 is 22.6 Å². The SMILES string of the molecule is O=c1oc(-c2ccccc2)c(I)n1-c1ccc2ccccc2c1. The number of rotatable bonds is 2. The molecule has 0 atom stereocenters. The van der Waals surface area contributed by atoms with Gasteiger partial charge in [0.1, 0.15) is 3.70 Å². The van der Waals surface area contributed by atoms with E-state index in [1.165, 1.54) is 0 Å². The fraction of sp³-hybridized carbons (Fsp3) is 0. The van der Waals surface area contributed by atoms with Crippen LogP contribution in [0.2, 0.25) is 0 Å². The maximum absolute atomic E-state index is 12.4. The van der Waals surface area contributed by atoms with Crippen molar-refractivity contribution in [3.8, 4) is 17.0 Å². The summed E-state index contributed by atoms with van der Waals surface area (Å²) in [5.41, 5.74) is 1.71. The predicted octanol–water partition coefficient (Wildman–Crippen LogP) is 4.86. The molecule has 23 heavy (non-hydrogen) atoms. The van der Waals surface area contributed by atoms with Crippen LogP contribution in [-0.4, -0.2) is 4.57 Å². The summed E-state index contributed by atoms with van der Waals surface area (Å²) in [7, 11) is 0. The zero-order chi connectivity index (χ0) is 15.8. The lowest BCUT2D eigenvalue weighted by molar-refractivity contribution is 0.516. The molecule has 0 radical (unpaired) electrons. The quantitative estimate of drug-likeness (QED) is 0.441. The van der Waals surface area contributed by atoms with E-state index in [9.17, 15) is 4.79 Å². The Bertz CT molecular complexity index is 1050. The fourth-order valence-corrected chi connectivity index (χ4v) is 3.56. The largest absolute Gasteiger partial charge is 0.425 e. The molecule has 0 fully saturated rings. The van der Waals surface area contributed by atoms with E-state index in [0.717, 1.165) is 25.7 Å². The Morgan fingerprint density at radius 2 is 1.52 bits per heavy atom. The van der Waals surface area contributed by atoms with Crippen LogP contribution in [0.3, 0.4) is 0 Å². The first-order valence-electron chi connectivity index (χ1n) is 7.20. The van der Waals surface area contributed by atoms with E-state index in [1.807, 2.05) is 66.7 Å². The summed E-state index contributed by atoms with van der Waals surface area (Å²) in [4.78, 5) is 12.4. The average Bonchev–Trinajstić information content (AvgIpc) is 2.90. The number of aromatic nitrogens is 1. The second-order valence-electron chi connectivity index (χ2n) is 5.22. The highest BCUT2D eigenvalue weighted by Gasteiger charge is 2.17. The molecule has 0 bridgehead atoms. The number of hydrogen-bond acceptors (Lipinski definition) is 2. The van der Waals surface area contributed by atoms with E-state index < -0.39 is 0 Å². The summed E-state index contributed by atoms with van der Waals surface area (Å²) in [6.45, 7) is 0. The molecule has 3 nitrogen and oxygen atoms in total. The fourth-order valence-electron chi connectivity index (χ4n) is 2.66. The van der Waals surface area contributed by atoms with Crippen molar-refractivity contribution in [2.75, 3.05) is 0 Å². The summed E-state index contributed by atoms with van der Waals surface area (Å²) in [5.74, 6) is 0.230. The topological polar surface area (TPSA) is 35.1 Å². The van der Waals surface area contributed by atoms with Crippen LogP contribution in [0.4, 0.5) is 0 Å². The van der Waals surface area contributed by atoms with Crippen molar-refractivity contribution in [1.82, 2.24) is 4.57 Å². The maximum Gasteiger partial charge on any atom is 0.425 e. The molecule has 0 aliphatic heterocycles. The minimum Gasteiger partial charge on any atom is -0.406 e. The summed E-state index contributed by atoms with van der Waals surface area (Å²) >= 11 is 2.16. The van der Waals surface area contributed by atoms with E-state index >= 15 is 0 Å². The molecular weight excluding hydrogens is 401 g/mol. The van der Waals surface area contributed by atoms with Crippen molar-refractivity contribution in [2.45, 2.75) is 0 Å². The lowest BCUT2D eigenvalue weighted by Crippen LogP contribution is -2.13. The average molecular weight is 413 g/mol. The van der Waals surface area contributed by atoms with Crippen LogP contribution in [0.25, 0.3) is 27.8 Å². The van der Waals surface area contributed by atoms with Gasteiger partial charge in [0, 0.05) is 5.56 Å². The highest BCUT2D eigenvalue weighted by atomic mass is 127. The molecule has 3 aromatic carbocycles. The molecule has 0 aliphatic rings. The van der Waals surface area contributed by atoms with Gasteiger partial charge in [-0.1, -0.05) is 60.7 Å². The minimum absolute atomic E-state index is 0.372. The molecule has 0 aliphatic carbocycles. The van der Waals surface area contributed by atoms with Crippen molar-refractivity contribution in [1.29, 1.82) is 0 Å². The molecule has 112 valence electrons. The number of benzene rings is 3. The molecular formula is C19H12INO2. The number of hydrogen-bond donors (Lipinski definition) is 0. The third-order valence-corrected chi connectivity index (χ3v) is 4.76. The Labute approximate surface area is 146 Å². The van der Waals surface area contributed by atoms with Gasteiger partial charge in [-0.15, -0.1) is 0 Å². The van der Waals surface area contributed by atoms with Gasteiger partial charge >= 0.3 is 5.76 Å². The molecule has 0 amide bonds. The monoisotopic (exact) mass is 413 g/mol. The first-order chi connectivity index (χ1) is 11.2. The third-order valence-electron chi connectivity index (χ3n) is 3.78. The van der Waals surface area contributed by atoms with Crippen LogP contribution in [0.1, 0.15) is 0 Å². The van der Waals surface area contributed by atoms with Gasteiger partial charge in [-0.3, -0.25) is 0 Å². The zero-order valence-corrected chi connectivity index (χ0v) is 14.2. The highest BCUT2D eigenvalue weighted by Crippen LogP contribution is 2.27. The van der Waals surface area contributed by atoms with Gasteiger partial charge in [0.05, 0.1) is 5.69 Å². The first kappa shape index (κ1) is 14.3. The number of nitrogens with zero attached hydrogens (tertiary/aromatic N) is 1. The molecule has 0 saturated carbocycles. The van der Waals surface area contributed by atoms with Crippen molar-refractivity contribution in [3.63, 3.8) is 0 Å². The Morgan fingerprint density at radius 3 is 2.30 bits per heavy atom. The van der Waals surface area contributed by atoms with Crippen LogP contribution in [0.15, 0.2) is 82.0 Å². The van der Waals surface area contributed by atoms with E-state index in [-0.39, 0.29) is 5.76 Å². The third kappa shape index (κ3) is 2.49. The second kappa shape index (κ2) is 5.70. The van der Waals surface area contributed by atoms with Crippen LogP contribution in [0.5, 0.6) is 0 Å².